The summed E-state index contributed by atoms with van der Waals surface area (Å²) in [6.07, 6.45) is 2.35. The number of nitrogens with zero attached hydrogens (tertiary/aromatic N) is 1. The van der Waals surface area contributed by atoms with Gasteiger partial charge in [-0.1, -0.05) is 6.07 Å². The maximum Gasteiger partial charge on any atom is 0.248 e. The van der Waals surface area contributed by atoms with Gasteiger partial charge in [0, 0.05) is 24.1 Å². The van der Waals surface area contributed by atoms with E-state index in [1.165, 1.54) is 12.1 Å². The lowest BCUT2D eigenvalue weighted by molar-refractivity contribution is -0.135. The monoisotopic (exact) mass is 368 g/mol. The molecule has 0 aliphatic carbocycles. The van der Waals surface area contributed by atoms with Crippen LogP contribution in [-0.4, -0.2) is 48.1 Å². The van der Waals surface area contributed by atoms with E-state index >= 15 is 0 Å². The van der Waals surface area contributed by atoms with Gasteiger partial charge < -0.3 is 10.2 Å². The van der Waals surface area contributed by atoms with Gasteiger partial charge in [-0.05, 0) is 38.0 Å². The topological polar surface area (TPSA) is 83.5 Å². The van der Waals surface area contributed by atoms with E-state index in [0.717, 1.165) is 18.2 Å². The number of fused-ring (bicyclic) bond motifs is 1. The lowest BCUT2D eigenvalue weighted by Gasteiger charge is -2.30. The number of aryl methyl sites for hydroxylation is 1. The minimum atomic E-state index is -3.35. The van der Waals surface area contributed by atoms with Crippen LogP contribution in [0.1, 0.15) is 25.3 Å². The van der Waals surface area contributed by atoms with E-state index in [1.54, 1.807) is 29.7 Å². The molecule has 0 radical (unpaired) electrons. The van der Waals surface area contributed by atoms with Crippen molar-refractivity contribution in [3.05, 3.63) is 23.8 Å². The Labute approximate surface area is 145 Å². The number of amides is 2. The highest BCUT2D eigenvalue weighted by Gasteiger charge is 2.52. The largest absolute Gasteiger partial charge is 0.324 e. The number of sulfone groups is 1. The van der Waals surface area contributed by atoms with Crippen LogP contribution in [0, 0.1) is 6.92 Å². The van der Waals surface area contributed by atoms with E-state index in [1.807, 2.05) is 6.92 Å². The molecule has 2 atom stereocenters. The molecule has 0 aromatic heterocycles. The molecule has 2 saturated heterocycles. The van der Waals surface area contributed by atoms with E-state index < -0.39 is 15.9 Å². The number of anilines is 1. The zero-order chi connectivity index (χ0) is 17.7. The molecule has 130 valence electrons. The first-order chi connectivity index (χ1) is 11.1. The molecule has 3 rings (SSSR count). The normalized spacial score (nSPS) is 26.5. The first-order valence-electron chi connectivity index (χ1n) is 7.69. The molecule has 2 unspecified atom stereocenters. The fourth-order valence-corrected chi connectivity index (χ4v) is 5.28. The van der Waals surface area contributed by atoms with Crippen molar-refractivity contribution < 1.29 is 18.0 Å². The molecule has 2 aliphatic rings. The predicted octanol–water partition coefficient (Wildman–Crippen LogP) is 1.79. The summed E-state index contributed by atoms with van der Waals surface area (Å²) in [5.41, 5.74) is 1.24. The zero-order valence-corrected chi connectivity index (χ0v) is 15.5. The highest BCUT2D eigenvalue weighted by atomic mass is 32.2. The summed E-state index contributed by atoms with van der Waals surface area (Å²) >= 11 is 1.63. The smallest absolute Gasteiger partial charge is 0.248 e. The molecule has 2 heterocycles. The van der Waals surface area contributed by atoms with Crippen LogP contribution in [0.3, 0.4) is 0 Å². The molecule has 2 fully saturated rings. The van der Waals surface area contributed by atoms with Gasteiger partial charge in [0.2, 0.25) is 11.8 Å². The fraction of sp³-hybridized carbons (Fsp3) is 0.500. The summed E-state index contributed by atoms with van der Waals surface area (Å²) in [6, 6.07) is 4.14. The van der Waals surface area contributed by atoms with Gasteiger partial charge >= 0.3 is 0 Å². The summed E-state index contributed by atoms with van der Waals surface area (Å²) in [5.74, 6) is 0.290. The van der Waals surface area contributed by atoms with Crippen molar-refractivity contribution in [3.8, 4) is 0 Å². The Morgan fingerprint density at radius 3 is 2.79 bits per heavy atom. The fourth-order valence-electron chi connectivity index (χ4n) is 3.20. The second-order valence-electron chi connectivity index (χ2n) is 6.50. The van der Waals surface area contributed by atoms with Crippen LogP contribution in [0.15, 0.2) is 23.1 Å². The van der Waals surface area contributed by atoms with Gasteiger partial charge in [-0.15, -0.1) is 11.8 Å². The average molecular weight is 368 g/mol. The number of hydrogen-bond acceptors (Lipinski definition) is 5. The van der Waals surface area contributed by atoms with Gasteiger partial charge in [-0.2, -0.15) is 0 Å². The van der Waals surface area contributed by atoms with Crippen LogP contribution >= 0.6 is 11.8 Å². The third-order valence-electron chi connectivity index (χ3n) is 4.64. The number of thioether (sulfide) groups is 1. The molecule has 1 aromatic carbocycles. The maximum atomic E-state index is 12.7. The van der Waals surface area contributed by atoms with Gasteiger partial charge in [-0.3, -0.25) is 9.59 Å². The molecular formula is C16H20N2O4S2. The quantitative estimate of drug-likeness (QED) is 0.879. The Balaban J connectivity index is 1.84. The van der Waals surface area contributed by atoms with Crippen molar-refractivity contribution in [3.63, 3.8) is 0 Å². The Morgan fingerprint density at radius 1 is 1.42 bits per heavy atom. The van der Waals surface area contributed by atoms with Crippen LogP contribution in [-0.2, 0) is 19.4 Å². The van der Waals surface area contributed by atoms with Gasteiger partial charge in [0.15, 0.2) is 9.84 Å². The number of hydrogen-bond donors (Lipinski definition) is 1. The number of carbonyl (C=O) groups is 2. The molecule has 0 saturated carbocycles. The van der Waals surface area contributed by atoms with Crippen molar-refractivity contribution >= 4 is 39.1 Å². The SMILES string of the molecule is Cc1ccc(S(C)(=O)=O)cc1NC(=O)C1CSC2(C)CCC(=O)N12. The molecular weight excluding hydrogens is 348 g/mol. The summed E-state index contributed by atoms with van der Waals surface area (Å²) in [7, 11) is -3.35. The minimum Gasteiger partial charge on any atom is -0.324 e. The summed E-state index contributed by atoms with van der Waals surface area (Å²) in [6.45, 7) is 3.79. The lowest BCUT2D eigenvalue weighted by Crippen LogP contribution is -2.48. The van der Waals surface area contributed by atoms with E-state index in [0.29, 0.717) is 17.9 Å². The molecule has 1 aromatic rings. The van der Waals surface area contributed by atoms with Gasteiger partial charge in [0.1, 0.15) is 6.04 Å². The zero-order valence-electron chi connectivity index (χ0n) is 13.8. The Kier molecular flexibility index (Phi) is 4.16. The Bertz CT molecular complexity index is 821. The lowest BCUT2D eigenvalue weighted by atomic mass is 10.1. The van der Waals surface area contributed by atoms with E-state index in [9.17, 15) is 18.0 Å². The second kappa shape index (κ2) is 5.77. The average Bonchev–Trinajstić information content (AvgIpc) is 2.97. The molecule has 1 N–H and O–H groups in total. The molecule has 2 amide bonds. The summed E-state index contributed by atoms with van der Waals surface area (Å²) in [5, 5.41) is 2.80. The van der Waals surface area contributed by atoms with Gasteiger partial charge in [0.05, 0.1) is 9.77 Å². The van der Waals surface area contributed by atoms with E-state index in [4.69, 9.17) is 0 Å². The van der Waals surface area contributed by atoms with Crippen LogP contribution in [0.25, 0.3) is 0 Å². The van der Waals surface area contributed by atoms with Crippen LogP contribution in [0.2, 0.25) is 0 Å². The Hall–Kier alpha value is -1.54. The third-order valence-corrected chi connectivity index (χ3v) is 7.26. The van der Waals surface area contributed by atoms with Crippen molar-refractivity contribution in [1.29, 1.82) is 0 Å². The van der Waals surface area contributed by atoms with Crippen LogP contribution in [0.5, 0.6) is 0 Å². The highest BCUT2D eigenvalue weighted by Crippen LogP contribution is 2.47. The van der Waals surface area contributed by atoms with E-state index in [-0.39, 0.29) is 21.6 Å². The van der Waals surface area contributed by atoms with Crippen molar-refractivity contribution in [2.75, 3.05) is 17.3 Å². The molecule has 6 nitrogen and oxygen atoms in total. The second-order valence-corrected chi connectivity index (χ2v) is 10.0. The van der Waals surface area contributed by atoms with Crippen molar-refractivity contribution in [1.82, 2.24) is 4.90 Å². The molecule has 24 heavy (non-hydrogen) atoms. The number of nitrogens with one attached hydrogen (secondary N) is 1. The highest BCUT2D eigenvalue weighted by molar-refractivity contribution is 8.01. The first-order valence-corrected chi connectivity index (χ1v) is 10.6. The maximum absolute atomic E-state index is 12.7. The van der Waals surface area contributed by atoms with Crippen molar-refractivity contribution in [2.24, 2.45) is 0 Å². The summed E-state index contributed by atoms with van der Waals surface area (Å²) < 4.78 is 23.4. The minimum absolute atomic E-state index is 0.00394. The third kappa shape index (κ3) is 2.93. The van der Waals surface area contributed by atoms with Crippen LogP contribution in [0.4, 0.5) is 5.69 Å². The molecule has 0 spiro atoms. The standard InChI is InChI=1S/C16H20N2O4S2/c1-10-4-5-11(24(3,21)22)8-12(10)17-15(20)13-9-23-16(2)7-6-14(19)18(13)16/h4-5,8,13H,6-7,9H2,1-3H3,(H,17,20). The Morgan fingerprint density at radius 2 is 2.12 bits per heavy atom. The molecule has 2 aliphatic heterocycles. The summed E-state index contributed by atoms with van der Waals surface area (Å²) in [4.78, 5) is 26.4. The number of rotatable bonds is 3. The van der Waals surface area contributed by atoms with Crippen LogP contribution < -0.4 is 5.32 Å². The predicted molar refractivity (Wildman–Crippen MR) is 93.6 cm³/mol. The molecule has 0 bridgehead atoms. The number of carbonyl (C=O) groups excluding carboxylic acids is 2. The van der Waals surface area contributed by atoms with Gasteiger partial charge in [-0.25, -0.2) is 8.42 Å². The first kappa shape index (κ1) is 17.3. The molecule has 8 heteroatoms. The van der Waals surface area contributed by atoms with Gasteiger partial charge in [0.25, 0.3) is 0 Å². The van der Waals surface area contributed by atoms with Crippen molar-refractivity contribution in [2.45, 2.75) is 42.5 Å². The van der Waals surface area contributed by atoms with E-state index in [2.05, 4.69) is 5.32 Å². The number of benzene rings is 1.